The first-order chi connectivity index (χ1) is 17.5. The summed E-state index contributed by atoms with van der Waals surface area (Å²) >= 11 is 0. The molecule has 0 N–H and O–H groups in total. The fraction of sp³-hybridized carbons (Fsp3) is 0.125. The van der Waals surface area contributed by atoms with Gasteiger partial charge in [0, 0.05) is 33.6 Å². The summed E-state index contributed by atoms with van der Waals surface area (Å²) in [4.78, 5) is 0. The van der Waals surface area contributed by atoms with Crippen molar-refractivity contribution >= 4 is 38.2 Å². The highest BCUT2D eigenvalue weighted by molar-refractivity contribution is 6.09. The van der Waals surface area contributed by atoms with Gasteiger partial charge in [-0.15, -0.1) is 10.2 Å². The molecule has 174 valence electrons. The predicted molar refractivity (Wildman–Crippen MR) is 149 cm³/mol. The van der Waals surface area contributed by atoms with Crippen molar-refractivity contribution in [1.82, 2.24) is 19.2 Å². The topological polar surface area (TPSA) is 35.1 Å². The average molecular weight is 467 g/mol. The van der Waals surface area contributed by atoms with E-state index in [0.717, 1.165) is 28.1 Å². The van der Waals surface area contributed by atoms with E-state index in [1.807, 2.05) is 0 Å². The summed E-state index contributed by atoms with van der Waals surface area (Å²) in [6.07, 6.45) is 2.22. The summed E-state index contributed by atoms with van der Waals surface area (Å²) in [5, 5.41) is 14.1. The van der Waals surface area contributed by atoms with E-state index in [4.69, 9.17) is 0 Å². The van der Waals surface area contributed by atoms with Gasteiger partial charge < -0.3 is 4.57 Å². The van der Waals surface area contributed by atoms with Crippen molar-refractivity contribution in [2.75, 3.05) is 0 Å². The van der Waals surface area contributed by atoms with Gasteiger partial charge in [-0.05, 0) is 52.8 Å². The van der Waals surface area contributed by atoms with Crippen LogP contribution in [0.2, 0.25) is 0 Å². The molecule has 0 aliphatic rings. The molecule has 3 heterocycles. The quantitative estimate of drug-likeness (QED) is 0.259. The number of pyridine rings is 1. The highest BCUT2D eigenvalue weighted by Gasteiger charge is 2.21. The molecule has 0 amide bonds. The Balaban J connectivity index is 1.41. The van der Waals surface area contributed by atoms with Crippen molar-refractivity contribution in [3.05, 3.63) is 109 Å². The summed E-state index contributed by atoms with van der Waals surface area (Å²) in [5.74, 6) is 0.857. The summed E-state index contributed by atoms with van der Waals surface area (Å²) in [5.41, 5.74) is 6.76. The second-order valence-electron chi connectivity index (χ2n) is 10.5. The zero-order valence-corrected chi connectivity index (χ0v) is 20.6. The van der Waals surface area contributed by atoms with Gasteiger partial charge in [0.25, 0.3) is 0 Å². The Morgan fingerprint density at radius 2 is 1.14 bits per heavy atom. The van der Waals surface area contributed by atoms with Gasteiger partial charge in [-0.3, -0.25) is 4.40 Å². The minimum absolute atomic E-state index is 0.00424. The van der Waals surface area contributed by atoms with Crippen LogP contribution in [0.3, 0.4) is 0 Å². The fourth-order valence-electron chi connectivity index (χ4n) is 5.46. The molecule has 0 atom stereocenters. The molecular weight excluding hydrogens is 440 g/mol. The molecule has 7 aromatic rings. The van der Waals surface area contributed by atoms with E-state index in [-0.39, 0.29) is 5.41 Å². The van der Waals surface area contributed by atoms with Crippen LogP contribution in [0.15, 0.2) is 103 Å². The minimum atomic E-state index is -0.00424. The smallest absolute Gasteiger partial charge is 0.168 e. The molecule has 36 heavy (non-hydrogen) atoms. The zero-order chi connectivity index (χ0) is 24.4. The fourth-order valence-corrected chi connectivity index (χ4v) is 5.46. The number of benzene rings is 4. The molecule has 0 spiro atoms. The second kappa shape index (κ2) is 7.53. The molecular formula is C32H26N4. The molecule has 4 nitrogen and oxygen atoms in total. The first-order valence-corrected chi connectivity index (χ1v) is 12.4. The van der Waals surface area contributed by atoms with Gasteiger partial charge in [-0.2, -0.15) is 0 Å². The van der Waals surface area contributed by atoms with Crippen molar-refractivity contribution < 1.29 is 0 Å². The van der Waals surface area contributed by atoms with Gasteiger partial charge >= 0.3 is 0 Å². The van der Waals surface area contributed by atoms with Crippen molar-refractivity contribution in [2.24, 2.45) is 0 Å². The van der Waals surface area contributed by atoms with Crippen LogP contribution in [0.25, 0.3) is 55.3 Å². The Labute approximate surface area is 209 Å². The predicted octanol–water partition coefficient (Wildman–Crippen LogP) is 7.94. The largest absolute Gasteiger partial charge is 0.309 e. The molecule has 0 bridgehead atoms. The van der Waals surface area contributed by atoms with Crippen LogP contribution in [-0.2, 0) is 5.41 Å². The van der Waals surface area contributed by atoms with Gasteiger partial charge in [0.2, 0.25) is 0 Å². The lowest BCUT2D eigenvalue weighted by atomic mass is 9.85. The number of para-hydroxylation sites is 2. The summed E-state index contributed by atoms with van der Waals surface area (Å²) in [6, 6.07) is 34.4. The second-order valence-corrected chi connectivity index (χ2v) is 10.5. The Morgan fingerprint density at radius 1 is 0.583 bits per heavy atom. The minimum Gasteiger partial charge on any atom is -0.309 e. The SMILES string of the molecule is CC(C)(C)c1cn2c(-c3ccc(-n4c5ccccc5c5ccccc54)cc3)nnc2c2ccccc12. The normalized spacial score (nSPS) is 12.3. The van der Waals surface area contributed by atoms with Crippen LogP contribution in [-0.4, -0.2) is 19.2 Å². The maximum atomic E-state index is 4.64. The molecule has 4 aromatic carbocycles. The molecule has 7 rings (SSSR count). The molecule has 0 radical (unpaired) electrons. The van der Waals surface area contributed by atoms with Crippen molar-refractivity contribution in [2.45, 2.75) is 26.2 Å². The van der Waals surface area contributed by atoms with E-state index < -0.39 is 0 Å². The number of nitrogens with zero attached hydrogens (tertiary/aromatic N) is 4. The molecule has 0 saturated heterocycles. The molecule has 0 fully saturated rings. The van der Waals surface area contributed by atoms with E-state index in [9.17, 15) is 0 Å². The van der Waals surface area contributed by atoms with Gasteiger partial charge in [0.05, 0.1) is 11.0 Å². The van der Waals surface area contributed by atoms with E-state index in [1.165, 1.54) is 32.8 Å². The van der Waals surface area contributed by atoms with Gasteiger partial charge in [-0.1, -0.05) is 81.4 Å². The van der Waals surface area contributed by atoms with Crippen molar-refractivity contribution in [3.63, 3.8) is 0 Å². The number of fused-ring (bicyclic) bond motifs is 6. The van der Waals surface area contributed by atoms with E-state index >= 15 is 0 Å². The molecule has 4 heteroatoms. The number of hydrogen-bond donors (Lipinski definition) is 0. The Morgan fingerprint density at radius 3 is 1.75 bits per heavy atom. The molecule has 0 unspecified atom stereocenters. The lowest BCUT2D eigenvalue weighted by Gasteiger charge is -2.22. The lowest BCUT2D eigenvalue weighted by Crippen LogP contribution is -2.13. The summed E-state index contributed by atoms with van der Waals surface area (Å²) in [7, 11) is 0. The van der Waals surface area contributed by atoms with Gasteiger partial charge in [0.15, 0.2) is 11.5 Å². The van der Waals surface area contributed by atoms with Crippen LogP contribution >= 0.6 is 0 Å². The molecule has 0 aliphatic heterocycles. The maximum absolute atomic E-state index is 4.64. The zero-order valence-electron chi connectivity index (χ0n) is 20.6. The number of hydrogen-bond acceptors (Lipinski definition) is 2. The highest BCUT2D eigenvalue weighted by atomic mass is 15.2. The van der Waals surface area contributed by atoms with E-state index in [1.54, 1.807) is 0 Å². The highest BCUT2D eigenvalue weighted by Crippen LogP contribution is 2.35. The van der Waals surface area contributed by atoms with E-state index in [0.29, 0.717) is 0 Å². The Hall–Kier alpha value is -4.44. The maximum Gasteiger partial charge on any atom is 0.168 e. The first-order valence-electron chi connectivity index (χ1n) is 12.4. The van der Waals surface area contributed by atoms with Crippen LogP contribution < -0.4 is 0 Å². The van der Waals surface area contributed by atoms with Crippen molar-refractivity contribution in [1.29, 1.82) is 0 Å². The van der Waals surface area contributed by atoms with E-state index in [2.05, 4.69) is 143 Å². The molecule has 0 aliphatic carbocycles. The van der Waals surface area contributed by atoms with Gasteiger partial charge in [-0.25, -0.2) is 0 Å². The Kier molecular flexibility index (Phi) is 4.37. The summed E-state index contributed by atoms with van der Waals surface area (Å²) in [6.45, 7) is 6.77. The third-order valence-corrected chi connectivity index (χ3v) is 7.18. The monoisotopic (exact) mass is 466 g/mol. The van der Waals surface area contributed by atoms with Crippen LogP contribution in [0.1, 0.15) is 26.3 Å². The number of aromatic nitrogens is 4. The van der Waals surface area contributed by atoms with Crippen molar-refractivity contribution in [3.8, 4) is 17.1 Å². The number of rotatable bonds is 2. The molecule has 3 aromatic heterocycles. The Bertz CT molecular complexity index is 1860. The summed E-state index contributed by atoms with van der Waals surface area (Å²) < 4.78 is 4.49. The molecule has 0 saturated carbocycles. The third-order valence-electron chi connectivity index (χ3n) is 7.18. The van der Waals surface area contributed by atoms with Crippen LogP contribution in [0.4, 0.5) is 0 Å². The van der Waals surface area contributed by atoms with Gasteiger partial charge in [0.1, 0.15) is 0 Å². The average Bonchev–Trinajstić information content (AvgIpc) is 3.47. The standard InChI is InChI=1S/C32H26N4/c1-32(2,3)27-20-35-30(33-34-31(35)26-13-5-4-10-23(26)27)21-16-18-22(19-17-21)36-28-14-8-6-11-24(28)25-12-7-9-15-29(25)36/h4-20H,1-3H3. The van der Waals surface area contributed by atoms with Crippen LogP contribution in [0, 0.1) is 0 Å². The first kappa shape index (κ1) is 20.9. The third kappa shape index (κ3) is 3.01. The van der Waals surface area contributed by atoms with Crippen LogP contribution in [0.5, 0.6) is 0 Å². The lowest BCUT2D eigenvalue weighted by molar-refractivity contribution is 0.592.